The van der Waals surface area contributed by atoms with Crippen LogP contribution < -0.4 is 42.6 Å². The van der Waals surface area contributed by atoms with Gasteiger partial charge in [0.05, 0.1) is 64.0 Å². The molecule has 10 aliphatic carbocycles. The Kier molecular flexibility index (Phi) is 12.6. The average Bonchev–Trinajstić information content (AvgIpc) is 3.23. The molecule has 5 aromatic carbocycles. The number of phenolic OH excluding ortho intramolecular Hbond substituents is 1. The van der Waals surface area contributed by atoms with E-state index in [1.54, 1.807) is 70.1 Å². The number of benzene rings is 5. The maximum atomic E-state index is 12.0. The second-order valence-electron chi connectivity index (χ2n) is 13.8. The quantitative estimate of drug-likeness (QED) is 0.129. The molecule has 15 rings (SSSR count). The molecule has 0 aliphatic heterocycles. The minimum atomic E-state index is 0.158. The fraction of sp³-hybridized carbons (Fsp3) is 0.319. The first-order valence-electron chi connectivity index (χ1n) is 18.6. The highest BCUT2D eigenvalue weighted by Crippen LogP contribution is 2.43. The predicted molar refractivity (Wildman–Crippen MR) is 221 cm³/mol. The first-order valence-corrected chi connectivity index (χ1v) is 18.6. The summed E-state index contributed by atoms with van der Waals surface area (Å²) in [6.07, 6.45) is 4.35. The van der Waals surface area contributed by atoms with Gasteiger partial charge in [-0.25, -0.2) is 0 Å². The van der Waals surface area contributed by atoms with Crippen LogP contribution in [-0.4, -0.2) is 69.1 Å². The largest absolute Gasteiger partial charge is 0.507 e. The summed E-state index contributed by atoms with van der Waals surface area (Å²) >= 11 is 0. The Hall–Kier alpha value is -6.16. The van der Waals surface area contributed by atoms with E-state index in [-0.39, 0.29) is 5.75 Å². The second-order valence-corrected chi connectivity index (χ2v) is 13.8. The average molecular weight is 777 g/mol. The van der Waals surface area contributed by atoms with Crippen LogP contribution in [0.2, 0.25) is 0 Å². The highest BCUT2D eigenvalue weighted by Gasteiger charge is 2.24. The van der Waals surface area contributed by atoms with Crippen LogP contribution in [0.3, 0.4) is 0 Å². The molecule has 1 N–H and O–H groups in total. The van der Waals surface area contributed by atoms with Crippen LogP contribution in [0.1, 0.15) is 61.2 Å². The number of methoxy groups -OCH3 is 9. The number of hydrogen-bond acceptors (Lipinski definition) is 10. The molecule has 0 unspecified atom stereocenters. The molecule has 0 saturated carbocycles. The topological polar surface area (TPSA) is 103 Å². The highest BCUT2D eigenvalue weighted by atomic mass is 16.5. The Bertz CT molecular complexity index is 2270. The fourth-order valence-corrected chi connectivity index (χ4v) is 7.89. The smallest absolute Gasteiger partial charge is 0.123 e. The van der Waals surface area contributed by atoms with Crippen molar-refractivity contribution in [3.63, 3.8) is 0 Å². The standard InChI is InChI=1S/C47H52O10/c1-11-12-36-37-17-34-25-44(55-8)32(23-45(34)56-9)15-30-21-40(51-4)28(19-41(30)52-5)13-27-18-39(50-3)29(20-38(27)49-2)14-31-22-43(54-7)33(24-42(31)53-6)16-35(47(36)48)26-46(37)57-10/h11,18-26,48H,1,12-17H2,2-10H3. The lowest BCUT2D eigenvalue weighted by Crippen LogP contribution is -2.06. The monoisotopic (exact) mass is 776 g/mol. The Labute approximate surface area is 335 Å². The molecule has 0 fully saturated rings. The molecule has 5 aromatic rings. The molecule has 0 aromatic heterocycles. The molecule has 0 saturated heterocycles. The van der Waals surface area contributed by atoms with Gasteiger partial charge in [0.15, 0.2) is 0 Å². The summed E-state index contributed by atoms with van der Waals surface area (Å²) in [6.45, 7) is 4.01. The lowest BCUT2D eigenvalue weighted by Gasteiger charge is -2.21. The number of aromatic hydroxyl groups is 1. The van der Waals surface area contributed by atoms with Gasteiger partial charge in [-0.3, -0.25) is 0 Å². The third-order valence-corrected chi connectivity index (χ3v) is 10.8. The third kappa shape index (κ3) is 8.08. The van der Waals surface area contributed by atoms with E-state index in [2.05, 4.69) is 6.58 Å². The first-order chi connectivity index (χ1) is 27.7. The summed E-state index contributed by atoms with van der Waals surface area (Å²) in [7, 11) is 14.9. The molecule has 0 radical (unpaired) electrons. The van der Waals surface area contributed by atoms with Crippen LogP contribution in [0.5, 0.6) is 57.5 Å². The first kappa shape index (κ1) is 40.5. The zero-order valence-corrected chi connectivity index (χ0v) is 34.3. The van der Waals surface area contributed by atoms with Crippen molar-refractivity contribution in [1.29, 1.82) is 0 Å². The van der Waals surface area contributed by atoms with Gasteiger partial charge in [0, 0.05) is 93.3 Å². The maximum Gasteiger partial charge on any atom is 0.123 e. The van der Waals surface area contributed by atoms with Gasteiger partial charge in [-0.15, -0.1) is 6.58 Å². The molecule has 0 atom stereocenters. The van der Waals surface area contributed by atoms with Crippen molar-refractivity contribution in [2.24, 2.45) is 0 Å². The van der Waals surface area contributed by atoms with Gasteiger partial charge < -0.3 is 47.7 Å². The third-order valence-electron chi connectivity index (χ3n) is 10.8. The second kappa shape index (κ2) is 17.7. The zero-order valence-electron chi connectivity index (χ0n) is 34.3. The maximum absolute atomic E-state index is 12.0. The minimum absolute atomic E-state index is 0.158. The van der Waals surface area contributed by atoms with E-state index >= 15 is 0 Å². The molecule has 10 aliphatic rings. The molecule has 0 heterocycles. The van der Waals surface area contributed by atoms with E-state index in [4.69, 9.17) is 42.6 Å². The van der Waals surface area contributed by atoms with Gasteiger partial charge >= 0.3 is 0 Å². The zero-order chi connectivity index (χ0) is 40.8. The fourth-order valence-electron chi connectivity index (χ4n) is 7.89. The van der Waals surface area contributed by atoms with E-state index in [1.165, 1.54) is 0 Å². The summed E-state index contributed by atoms with van der Waals surface area (Å²) in [5.41, 5.74) is 9.29. The summed E-state index contributed by atoms with van der Waals surface area (Å²) in [5, 5.41) is 12.0. The Balaban J connectivity index is 1.64. The molecule has 0 amide bonds. The predicted octanol–water partition coefficient (Wildman–Crippen LogP) is 8.47. The van der Waals surface area contributed by atoms with Crippen molar-refractivity contribution in [3.8, 4) is 57.5 Å². The van der Waals surface area contributed by atoms with E-state index in [1.807, 2.05) is 54.6 Å². The molecule has 300 valence electrons. The number of rotatable bonds is 11. The number of ether oxygens (including phenoxy) is 9. The van der Waals surface area contributed by atoms with Gasteiger partial charge in [0.2, 0.25) is 0 Å². The SMILES string of the molecule is C=CCc1c(O)c2cc(OC)c1Cc1cc(OC)c(cc1OC)Cc1cc(OC)c(cc1OC)Cc1cc(OC)c(cc1OC)Cc1cc(OC)c(cc1OC)C2. The van der Waals surface area contributed by atoms with Crippen molar-refractivity contribution in [2.75, 3.05) is 64.0 Å². The summed E-state index contributed by atoms with van der Waals surface area (Å²) in [4.78, 5) is 0. The molecule has 57 heavy (non-hydrogen) atoms. The van der Waals surface area contributed by atoms with Crippen molar-refractivity contribution in [3.05, 3.63) is 128 Å². The van der Waals surface area contributed by atoms with Crippen molar-refractivity contribution < 1.29 is 47.7 Å². The highest BCUT2D eigenvalue weighted by molar-refractivity contribution is 5.61. The summed E-state index contributed by atoms with van der Waals surface area (Å²) < 4.78 is 53.9. The molecule has 10 nitrogen and oxygen atoms in total. The van der Waals surface area contributed by atoms with E-state index in [0.29, 0.717) is 101 Å². The number of hydrogen-bond donors (Lipinski definition) is 1. The van der Waals surface area contributed by atoms with E-state index in [9.17, 15) is 5.11 Å². The van der Waals surface area contributed by atoms with Gasteiger partial charge in [-0.2, -0.15) is 0 Å². The van der Waals surface area contributed by atoms with Crippen LogP contribution in [0.25, 0.3) is 0 Å². The Morgan fingerprint density at radius 2 is 0.614 bits per heavy atom. The molecule has 0 spiro atoms. The Morgan fingerprint density at radius 3 is 0.860 bits per heavy atom. The van der Waals surface area contributed by atoms with Gasteiger partial charge in [0.1, 0.15) is 57.5 Å². The van der Waals surface area contributed by atoms with Crippen molar-refractivity contribution in [1.82, 2.24) is 0 Å². The van der Waals surface area contributed by atoms with Crippen LogP contribution >= 0.6 is 0 Å². The van der Waals surface area contributed by atoms with Crippen LogP contribution in [-0.2, 0) is 38.5 Å². The van der Waals surface area contributed by atoms with Gasteiger partial charge in [0.25, 0.3) is 0 Å². The molecular formula is C47H52O10. The molecule has 10 bridgehead atoms. The Morgan fingerprint density at radius 1 is 0.386 bits per heavy atom. The lowest BCUT2D eigenvalue weighted by atomic mass is 9.90. The molecule has 10 heteroatoms. The van der Waals surface area contributed by atoms with Crippen molar-refractivity contribution >= 4 is 0 Å². The normalized spacial score (nSPS) is 12.2. The van der Waals surface area contributed by atoms with Gasteiger partial charge in [-0.1, -0.05) is 6.08 Å². The van der Waals surface area contributed by atoms with E-state index in [0.717, 1.165) is 50.1 Å². The summed E-state index contributed by atoms with van der Waals surface area (Å²) in [5.74, 6) is 6.22. The minimum Gasteiger partial charge on any atom is -0.507 e. The van der Waals surface area contributed by atoms with Crippen LogP contribution in [0.4, 0.5) is 0 Å². The van der Waals surface area contributed by atoms with Crippen LogP contribution in [0.15, 0.2) is 67.3 Å². The van der Waals surface area contributed by atoms with Gasteiger partial charge in [-0.05, 0) is 61.0 Å². The number of allylic oxidation sites excluding steroid dienone is 1. The van der Waals surface area contributed by atoms with Crippen molar-refractivity contribution in [2.45, 2.75) is 38.5 Å². The molecular weight excluding hydrogens is 725 g/mol. The number of phenols is 1. The van der Waals surface area contributed by atoms with Crippen LogP contribution in [0, 0.1) is 0 Å². The lowest BCUT2D eigenvalue weighted by molar-refractivity contribution is 0.389. The van der Waals surface area contributed by atoms with E-state index < -0.39 is 0 Å². The summed E-state index contributed by atoms with van der Waals surface area (Å²) in [6, 6.07) is 17.8.